The maximum Gasteiger partial charge on any atom is 0.188 e. The third kappa shape index (κ3) is 2.99. The van der Waals surface area contributed by atoms with Crippen molar-refractivity contribution in [1.82, 2.24) is 19.6 Å². The van der Waals surface area contributed by atoms with Gasteiger partial charge in [-0.3, -0.25) is 4.79 Å². The predicted molar refractivity (Wildman–Crippen MR) is 102 cm³/mol. The number of carbonyl (C=O) groups excluding carboxylic acids is 1. The second kappa shape index (κ2) is 6.67. The lowest BCUT2D eigenvalue weighted by molar-refractivity contribution is 0.101. The summed E-state index contributed by atoms with van der Waals surface area (Å²) in [7, 11) is 0. The van der Waals surface area contributed by atoms with Gasteiger partial charge in [0, 0.05) is 12.5 Å². The highest BCUT2D eigenvalue weighted by Crippen LogP contribution is 2.35. The molecule has 0 amide bonds. The van der Waals surface area contributed by atoms with E-state index in [1.807, 2.05) is 25.3 Å². The van der Waals surface area contributed by atoms with Crippen LogP contribution in [0.5, 0.6) is 0 Å². The lowest BCUT2D eigenvalue weighted by atomic mass is 9.95. The zero-order valence-corrected chi connectivity index (χ0v) is 16.5. The lowest BCUT2D eigenvalue weighted by Gasteiger charge is -2.14. The van der Waals surface area contributed by atoms with Gasteiger partial charge in [0.25, 0.3) is 0 Å². The van der Waals surface area contributed by atoms with Gasteiger partial charge >= 0.3 is 0 Å². The second-order valence-corrected chi connectivity index (χ2v) is 7.52. The van der Waals surface area contributed by atoms with E-state index in [0.29, 0.717) is 10.9 Å². The molecule has 0 spiro atoms. The molecule has 3 rings (SSSR count). The summed E-state index contributed by atoms with van der Waals surface area (Å²) in [6.07, 6.45) is 2.15. The summed E-state index contributed by atoms with van der Waals surface area (Å²) in [5.74, 6) is 0.460. The first-order valence-electron chi connectivity index (χ1n) is 8.72. The molecule has 0 saturated heterocycles. The van der Waals surface area contributed by atoms with E-state index in [1.165, 1.54) is 16.9 Å². The van der Waals surface area contributed by atoms with Gasteiger partial charge in [0.2, 0.25) is 0 Å². The average Bonchev–Trinajstić information content (AvgIpc) is 3.08. The van der Waals surface area contributed by atoms with Gasteiger partial charge in [0.1, 0.15) is 5.69 Å². The van der Waals surface area contributed by atoms with Gasteiger partial charge in [0.05, 0.1) is 22.0 Å². The molecular weight excluding hydrogens is 332 g/mol. The minimum atomic E-state index is -0.00678. The minimum Gasteiger partial charge on any atom is -0.292 e. The third-order valence-electron chi connectivity index (χ3n) is 4.65. The molecule has 0 N–H and O–H groups in total. The van der Waals surface area contributed by atoms with Crippen molar-refractivity contribution >= 4 is 22.8 Å². The van der Waals surface area contributed by atoms with Gasteiger partial charge in [-0.15, -0.1) is 11.3 Å². The first-order valence-corrected chi connectivity index (χ1v) is 9.54. The number of rotatable bonds is 5. The van der Waals surface area contributed by atoms with Crippen LogP contribution in [-0.4, -0.2) is 25.4 Å². The number of imidazole rings is 1. The fraction of sp³-hybridized carbons (Fsp3) is 0.474. The van der Waals surface area contributed by atoms with Crippen molar-refractivity contribution in [2.45, 2.75) is 60.3 Å². The molecule has 0 atom stereocenters. The van der Waals surface area contributed by atoms with Gasteiger partial charge in [-0.05, 0) is 45.6 Å². The molecule has 0 bridgehead atoms. The monoisotopic (exact) mass is 356 g/mol. The van der Waals surface area contributed by atoms with Crippen molar-refractivity contribution in [3.63, 3.8) is 0 Å². The Labute approximate surface area is 152 Å². The highest BCUT2D eigenvalue weighted by atomic mass is 32.1. The Morgan fingerprint density at radius 3 is 2.40 bits per heavy atom. The molecule has 0 unspecified atom stereocenters. The van der Waals surface area contributed by atoms with Crippen molar-refractivity contribution in [3.8, 4) is 10.6 Å². The topological polar surface area (TPSA) is 60.2 Å². The standard InChI is InChI=1S/C19H24N4OS/c1-7-14(8-2)15-9-10(3)22-23-16(11(4)20-18(15)23)17-12(5)21-19(25-17)13(6)24/h9,14H,7-8H2,1-6H3. The van der Waals surface area contributed by atoms with Crippen LogP contribution in [0.1, 0.15) is 72.0 Å². The zero-order chi connectivity index (χ0) is 18.3. The SMILES string of the molecule is CCC(CC)c1cc(C)nn2c(-c3sc(C(C)=O)nc3C)c(C)nc12. The van der Waals surface area contributed by atoms with Crippen LogP contribution in [0.3, 0.4) is 0 Å². The Morgan fingerprint density at radius 2 is 1.84 bits per heavy atom. The van der Waals surface area contributed by atoms with Crippen LogP contribution in [0, 0.1) is 20.8 Å². The Bertz CT molecular complexity index is 950. The maximum absolute atomic E-state index is 11.7. The molecule has 5 nitrogen and oxygen atoms in total. The van der Waals surface area contributed by atoms with Crippen LogP contribution >= 0.6 is 11.3 Å². The van der Waals surface area contributed by atoms with E-state index in [1.54, 1.807) is 6.92 Å². The van der Waals surface area contributed by atoms with Gasteiger partial charge in [-0.25, -0.2) is 14.5 Å². The highest BCUT2D eigenvalue weighted by Gasteiger charge is 2.23. The lowest BCUT2D eigenvalue weighted by Crippen LogP contribution is -2.05. The number of aromatic nitrogens is 4. The van der Waals surface area contributed by atoms with Crippen LogP contribution in [0.2, 0.25) is 0 Å². The fourth-order valence-electron chi connectivity index (χ4n) is 3.33. The molecule has 0 radical (unpaired) electrons. The van der Waals surface area contributed by atoms with E-state index in [9.17, 15) is 4.79 Å². The summed E-state index contributed by atoms with van der Waals surface area (Å²) in [5, 5.41) is 5.26. The van der Waals surface area contributed by atoms with E-state index >= 15 is 0 Å². The Hall–Kier alpha value is -2.08. The van der Waals surface area contributed by atoms with E-state index in [0.717, 1.165) is 46.1 Å². The summed E-state index contributed by atoms with van der Waals surface area (Å²) in [4.78, 5) is 22.0. The summed E-state index contributed by atoms with van der Waals surface area (Å²) in [6.45, 7) is 11.9. The van der Waals surface area contributed by atoms with Crippen LogP contribution in [0.15, 0.2) is 6.07 Å². The second-order valence-electron chi connectivity index (χ2n) is 6.53. The Kier molecular flexibility index (Phi) is 4.73. The molecule has 3 aromatic rings. The molecular formula is C19H24N4OS. The van der Waals surface area contributed by atoms with Crippen LogP contribution < -0.4 is 0 Å². The molecule has 0 aliphatic heterocycles. The Morgan fingerprint density at radius 1 is 1.16 bits per heavy atom. The molecule has 0 aliphatic rings. The first kappa shape index (κ1) is 17.7. The van der Waals surface area contributed by atoms with Gasteiger partial charge in [0.15, 0.2) is 16.4 Å². The van der Waals surface area contributed by atoms with E-state index < -0.39 is 0 Å². The van der Waals surface area contributed by atoms with E-state index in [2.05, 4.69) is 24.9 Å². The summed E-state index contributed by atoms with van der Waals surface area (Å²) in [5.41, 5.74) is 5.87. The highest BCUT2D eigenvalue weighted by molar-refractivity contribution is 7.17. The summed E-state index contributed by atoms with van der Waals surface area (Å²) >= 11 is 1.42. The number of hydrogen-bond acceptors (Lipinski definition) is 5. The van der Waals surface area contributed by atoms with Crippen LogP contribution in [0.25, 0.3) is 16.2 Å². The van der Waals surface area contributed by atoms with Gasteiger partial charge < -0.3 is 0 Å². The summed E-state index contributed by atoms with van der Waals surface area (Å²) < 4.78 is 1.95. The normalized spacial score (nSPS) is 11.6. The molecule has 3 aromatic heterocycles. The first-order chi connectivity index (χ1) is 11.9. The average molecular weight is 356 g/mol. The van der Waals surface area contributed by atoms with Gasteiger partial charge in [-0.1, -0.05) is 13.8 Å². The number of ketones is 1. The van der Waals surface area contributed by atoms with Crippen molar-refractivity contribution in [2.75, 3.05) is 0 Å². The van der Waals surface area contributed by atoms with Crippen molar-refractivity contribution in [1.29, 1.82) is 0 Å². The molecule has 0 fully saturated rings. The molecule has 25 heavy (non-hydrogen) atoms. The largest absolute Gasteiger partial charge is 0.292 e. The number of nitrogens with zero attached hydrogens (tertiary/aromatic N) is 4. The molecule has 6 heteroatoms. The number of Topliss-reactive ketones (excluding diaryl/α,β-unsaturated/α-hetero) is 1. The number of thiazole rings is 1. The van der Waals surface area contributed by atoms with E-state index in [-0.39, 0.29) is 5.78 Å². The molecule has 0 aliphatic carbocycles. The maximum atomic E-state index is 11.7. The smallest absolute Gasteiger partial charge is 0.188 e. The predicted octanol–water partition coefficient (Wildman–Crippen LogP) is 4.88. The minimum absolute atomic E-state index is 0.00678. The van der Waals surface area contributed by atoms with Gasteiger partial charge in [-0.2, -0.15) is 5.10 Å². The van der Waals surface area contributed by atoms with Crippen molar-refractivity contribution in [3.05, 3.63) is 33.7 Å². The van der Waals surface area contributed by atoms with Crippen molar-refractivity contribution in [2.24, 2.45) is 0 Å². The fourth-order valence-corrected chi connectivity index (χ4v) is 4.38. The molecule has 3 heterocycles. The zero-order valence-electron chi connectivity index (χ0n) is 15.7. The van der Waals surface area contributed by atoms with Crippen LogP contribution in [-0.2, 0) is 0 Å². The summed E-state index contributed by atoms with van der Waals surface area (Å²) in [6, 6.07) is 2.16. The van der Waals surface area contributed by atoms with Crippen molar-refractivity contribution < 1.29 is 4.79 Å². The number of hydrogen-bond donors (Lipinski definition) is 0. The van der Waals surface area contributed by atoms with Crippen LogP contribution in [0.4, 0.5) is 0 Å². The quantitative estimate of drug-likeness (QED) is 0.611. The number of fused-ring (bicyclic) bond motifs is 1. The molecule has 132 valence electrons. The molecule has 0 saturated carbocycles. The van der Waals surface area contributed by atoms with E-state index in [4.69, 9.17) is 10.1 Å². The third-order valence-corrected chi connectivity index (χ3v) is 5.91. The number of aryl methyl sites for hydroxylation is 3. The Balaban J connectivity index is 2.31. The molecule has 0 aromatic carbocycles. The number of carbonyl (C=O) groups is 1.